The van der Waals surface area contributed by atoms with Crippen LogP contribution in [0.4, 0.5) is 0 Å². The number of rotatable bonds is 0. The second kappa shape index (κ2) is 2.69. The Labute approximate surface area is 92.6 Å². The molecule has 0 spiro atoms. The minimum atomic E-state index is 0.826. The second-order valence-corrected chi connectivity index (χ2v) is 4.18. The van der Waals surface area contributed by atoms with Gasteiger partial charge in [0.05, 0.1) is 9.73 Å². The normalized spacial score (nSPS) is 14.0. The van der Waals surface area contributed by atoms with Gasteiger partial charge in [0.1, 0.15) is 0 Å². The van der Waals surface area contributed by atoms with Crippen LogP contribution in [0, 0.1) is 0 Å². The van der Waals surface area contributed by atoms with Gasteiger partial charge in [-0.1, -0.05) is 60.8 Å². The fraction of sp³-hybridized carbons (Fsp3) is 0. The van der Waals surface area contributed by atoms with Gasteiger partial charge >= 0.3 is 0 Å². The van der Waals surface area contributed by atoms with Crippen LogP contribution in [0.15, 0.2) is 36.4 Å². The number of thiocarbonyl (C=S) groups is 2. The monoisotopic (exact) mass is 214 g/mol. The average molecular weight is 214 g/mol. The van der Waals surface area contributed by atoms with Crippen molar-refractivity contribution in [2.75, 3.05) is 0 Å². The summed E-state index contributed by atoms with van der Waals surface area (Å²) < 4.78 is 0. The molecule has 66 valence electrons. The molecule has 0 bridgehead atoms. The fourth-order valence-corrected chi connectivity index (χ4v) is 2.52. The lowest BCUT2D eigenvalue weighted by atomic mass is 10.1. The zero-order valence-electron chi connectivity index (χ0n) is 7.28. The molecule has 0 fully saturated rings. The Bertz CT molecular complexity index is 533. The van der Waals surface area contributed by atoms with Crippen LogP contribution >= 0.6 is 24.4 Å². The van der Waals surface area contributed by atoms with E-state index < -0.39 is 0 Å². The molecule has 0 radical (unpaired) electrons. The molecule has 0 saturated carbocycles. The molecule has 0 amide bonds. The average Bonchev–Trinajstić information content (AvgIpc) is 2.47. The summed E-state index contributed by atoms with van der Waals surface area (Å²) in [6.07, 6.45) is 0. The maximum atomic E-state index is 5.32. The van der Waals surface area contributed by atoms with Gasteiger partial charge in [-0.2, -0.15) is 0 Å². The van der Waals surface area contributed by atoms with E-state index in [9.17, 15) is 0 Å². The van der Waals surface area contributed by atoms with Crippen LogP contribution in [-0.2, 0) is 0 Å². The van der Waals surface area contributed by atoms with Gasteiger partial charge in [-0.05, 0) is 10.8 Å². The highest BCUT2D eigenvalue weighted by Crippen LogP contribution is 2.31. The van der Waals surface area contributed by atoms with Crippen molar-refractivity contribution in [1.82, 2.24) is 0 Å². The predicted octanol–water partition coefficient (Wildman–Crippen LogP) is 3.29. The van der Waals surface area contributed by atoms with Crippen molar-refractivity contribution in [2.45, 2.75) is 0 Å². The standard InChI is InChI=1S/C12H6S2/c13-11-8-5-1-3-7-4-2-6-9(10(7)8)12(11)14/h1-6H. The van der Waals surface area contributed by atoms with E-state index in [1.807, 2.05) is 24.3 Å². The van der Waals surface area contributed by atoms with Gasteiger partial charge in [0.2, 0.25) is 0 Å². The molecule has 0 heterocycles. The van der Waals surface area contributed by atoms with Gasteiger partial charge in [0, 0.05) is 11.1 Å². The summed E-state index contributed by atoms with van der Waals surface area (Å²) in [7, 11) is 0. The molecule has 0 saturated heterocycles. The smallest absolute Gasteiger partial charge is 0.0642 e. The quantitative estimate of drug-likeness (QED) is 0.617. The van der Waals surface area contributed by atoms with Crippen LogP contribution < -0.4 is 0 Å². The summed E-state index contributed by atoms with van der Waals surface area (Å²) in [5.74, 6) is 0. The third-order valence-corrected chi connectivity index (χ3v) is 3.58. The maximum Gasteiger partial charge on any atom is 0.0642 e. The first kappa shape index (κ1) is 8.21. The van der Waals surface area contributed by atoms with E-state index in [0.717, 1.165) is 20.9 Å². The van der Waals surface area contributed by atoms with Crippen molar-refractivity contribution in [3.8, 4) is 0 Å². The van der Waals surface area contributed by atoms with E-state index in [1.165, 1.54) is 10.8 Å². The second-order valence-electron chi connectivity index (χ2n) is 3.37. The Morgan fingerprint density at radius 1 is 0.714 bits per heavy atom. The first-order valence-corrected chi connectivity index (χ1v) is 5.21. The van der Waals surface area contributed by atoms with Crippen LogP contribution in [-0.4, -0.2) is 9.73 Å². The summed E-state index contributed by atoms with van der Waals surface area (Å²) in [6, 6.07) is 12.3. The number of benzene rings is 2. The van der Waals surface area contributed by atoms with Crippen molar-refractivity contribution in [3.63, 3.8) is 0 Å². The van der Waals surface area contributed by atoms with E-state index in [0.29, 0.717) is 0 Å². The van der Waals surface area contributed by atoms with Crippen molar-refractivity contribution < 1.29 is 0 Å². The van der Waals surface area contributed by atoms with E-state index in [2.05, 4.69) is 12.1 Å². The molecule has 0 aliphatic heterocycles. The third kappa shape index (κ3) is 0.873. The molecule has 0 nitrogen and oxygen atoms in total. The lowest BCUT2D eigenvalue weighted by molar-refractivity contribution is 1.73. The van der Waals surface area contributed by atoms with Crippen molar-refractivity contribution in [2.24, 2.45) is 0 Å². The zero-order chi connectivity index (χ0) is 9.71. The van der Waals surface area contributed by atoms with Gasteiger partial charge in [-0.3, -0.25) is 0 Å². The molecule has 14 heavy (non-hydrogen) atoms. The molecular formula is C12H6S2. The van der Waals surface area contributed by atoms with Gasteiger partial charge in [0.25, 0.3) is 0 Å². The summed E-state index contributed by atoms with van der Waals surface area (Å²) in [5, 5.41) is 2.45. The number of hydrogen-bond donors (Lipinski definition) is 0. The SMILES string of the molecule is S=C1C(=S)c2cccc3cccc1c23. The molecule has 0 aromatic heterocycles. The first-order chi connectivity index (χ1) is 6.79. The van der Waals surface area contributed by atoms with Crippen molar-refractivity contribution in [1.29, 1.82) is 0 Å². The predicted molar refractivity (Wildman–Crippen MR) is 67.3 cm³/mol. The van der Waals surface area contributed by atoms with E-state index in [1.54, 1.807) is 0 Å². The number of hydrogen-bond acceptors (Lipinski definition) is 2. The third-order valence-electron chi connectivity index (χ3n) is 2.60. The molecule has 0 N–H and O–H groups in total. The molecule has 1 aliphatic rings. The maximum absolute atomic E-state index is 5.32. The molecule has 0 atom stereocenters. The molecule has 2 aromatic carbocycles. The van der Waals surface area contributed by atoms with Crippen molar-refractivity contribution in [3.05, 3.63) is 47.5 Å². The highest BCUT2D eigenvalue weighted by atomic mass is 32.1. The molecule has 0 unspecified atom stereocenters. The molecule has 1 aliphatic carbocycles. The van der Waals surface area contributed by atoms with Crippen LogP contribution in [0.5, 0.6) is 0 Å². The largest absolute Gasteiger partial charge is 0.0778 e. The van der Waals surface area contributed by atoms with Gasteiger partial charge < -0.3 is 0 Å². The Morgan fingerprint density at radius 2 is 1.21 bits per heavy atom. The van der Waals surface area contributed by atoms with E-state index >= 15 is 0 Å². The summed E-state index contributed by atoms with van der Waals surface area (Å²) in [6.45, 7) is 0. The molecule has 2 heteroatoms. The van der Waals surface area contributed by atoms with Crippen LogP contribution in [0.3, 0.4) is 0 Å². The molecular weight excluding hydrogens is 208 g/mol. The Kier molecular flexibility index (Phi) is 1.58. The summed E-state index contributed by atoms with van der Waals surface area (Å²) in [5.41, 5.74) is 2.25. The van der Waals surface area contributed by atoms with Crippen LogP contribution in [0.1, 0.15) is 11.1 Å². The van der Waals surface area contributed by atoms with E-state index in [4.69, 9.17) is 24.4 Å². The summed E-state index contributed by atoms with van der Waals surface area (Å²) in [4.78, 5) is 1.65. The van der Waals surface area contributed by atoms with Gasteiger partial charge in [-0.25, -0.2) is 0 Å². The lowest BCUT2D eigenvalue weighted by Gasteiger charge is -1.98. The van der Waals surface area contributed by atoms with Gasteiger partial charge in [0.15, 0.2) is 0 Å². The topological polar surface area (TPSA) is 0 Å². The van der Waals surface area contributed by atoms with E-state index in [-0.39, 0.29) is 0 Å². The zero-order valence-corrected chi connectivity index (χ0v) is 8.91. The molecule has 3 rings (SSSR count). The highest BCUT2D eigenvalue weighted by Gasteiger charge is 2.22. The Balaban J connectivity index is 2.62. The van der Waals surface area contributed by atoms with Gasteiger partial charge in [-0.15, -0.1) is 0 Å². The highest BCUT2D eigenvalue weighted by molar-refractivity contribution is 7.90. The van der Waals surface area contributed by atoms with Crippen LogP contribution in [0.2, 0.25) is 0 Å². The Morgan fingerprint density at radius 3 is 1.71 bits per heavy atom. The first-order valence-electron chi connectivity index (χ1n) is 4.40. The fourth-order valence-electron chi connectivity index (χ4n) is 1.96. The minimum absolute atomic E-state index is 0.826. The minimum Gasteiger partial charge on any atom is -0.0778 e. The van der Waals surface area contributed by atoms with Crippen molar-refractivity contribution >= 4 is 44.9 Å². The van der Waals surface area contributed by atoms with Crippen LogP contribution in [0.25, 0.3) is 10.8 Å². The summed E-state index contributed by atoms with van der Waals surface area (Å²) >= 11 is 10.6. The lowest BCUT2D eigenvalue weighted by Crippen LogP contribution is -2.02. The molecule has 2 aromatic rings. The Hall–Kier alpha value is -1.12.